The average Bonchev–Trinajstić information content (AvgIpc) is 2.52. The van der Waals surface area contributed by atoms with Crippen molar-refractivity contribution < 1.29 is 9.53 Å². The Bertz CT molecular complexity index is 771. The van der Waals surface area contributed by atoms with Gasteiger partial charge in [-0.05, 0) is 24.3 Å². The van der Waals surface area contributed by atoms with Gasteiger partial charge in [-0.2, -0.15) is 5.26 Å². The molecule has 0 aliphatic rings. The van der Waals surface area contributed by atoms with Crippen LogP contribution in [0.1, 0.15) is 15.9 Å². The van der Waals surface area contributed by atoms with Crippen LogP contribution in [0.4, 0.5) is 0 Å². The normalized spacial score (nSPS) is 10.9. The second-order valence-corrected chi connectivity index (χ2v) is 5.15. The number of benzene rings is 2. The molecule has 3 nitrogen and oxygen atoms in total. The number of rotatable bonds is 4. The Morgan fingerprint density at radius 1 is 1.14 bits per heavy atom. The Morgan fingerprint density at radius 3 is 2.36 bits per heavy atom. The van der Waals surface area contributed by atoms with E-state index in [0.717, 1.165) is 0 Å². The van der Waals surface area contributed by atoms with Crippen molar-refractivity contribution in [3.8, 4) is 11.8 Å². The molecule has 2 aromatic rings. The first-order chi connectivity index (χ1) is 10.6. The molecule has 0 atom stereocenters. The third-order valence-corrected chi connectivity index (χ3v) is 3.62. The molecule has 0 spiro atoms. The minimum absolute atomic E-state index is 0.0699. The van der Waals surface area contributed by atoms with Crippen LogP contribution in [0.3, 0.4) is 0 Å². The Morgan fingerprint density at radius 2 is 1.77 bits per heavy atom. The van der Waals surface area contributed by atoms with Crippen LogP contribution in [0, 0.1) is 11.3 Å². The molecular weight excluding hydrogens is 321 g/mol. The van der Waals surface area contributed by atoms with Crippen molar-refractivity contribution in [2.75, 3.05) is 7.11 Å². The number of nitrogens with zero attached hydrogens (tertiary/aromatic N) is 1. The number of hydrogen-bond acceptors (Lipinski definition) is 3. The van der Waals surface area contributed by atoms with Gasteiger partial charge in [0.05, 0.1) is 22.7 Å². The fraction of sp³-hybridized carbons (Fsp3) is 0.0588. The first kappa shape index (κ1) is 16.1. The number of carbonyl (C=O) groups excluding carboxylic acids is 1. The predicted molar refractivity (Wildman–Crippen MR) is 87.4 cm³/mol. The zero-order valence-corrected chi connectivity index (χ0v) is 13.2. The van der Waals surface area contributed by atoms with Gasteiger partial charge in [0.2, 0.25) is 5.78 Å². The molecule has 0 heterocycles. The SMILES string of the molecule is COc1ccccc1/C=C(\C#N)C(=O)c1c(Cl)cccc1Cl. The number of hydrogen-bond donors (Lipinski definition) is 0. The molecule has 0 unspecified atom stereocenters. The lowest BCUT2D eigenvalue weighted by molar-refractivity contribution is 0.104. The summed E-state index contributed by atoms with van der Waals surface area (Å²) in [5.41, 5.74) is 0.672. The van der Waals surface area contributed by atoms with Crippen LogP contribution in [-0.2, 0) is 0 Å². The van der Waals surface area contributed by atoms with Crippen molar-refractivity contribution in [1.29, 1.82) is 5.26 Å². The summed E-state index contributed by atoms with van der Waals surface area (Å²) in [5, 5.41) is 9.71. The van der Waals surface area contributed by atoms with Crippen LogP contribution in [-0.4, -0.2) is 12.9 Å². The highest BCUT2D eigenvalue weighted by atomic mass is 35.5. The average molecular weight is 332 g/mol. The van der Waals surface area contributed by atoms with Gasteiger partial charge in [0, 0.05) is 5.56 Å². The van der Waals surface area contributed by atoms with Gasteiger partial charge in [-0.1, -0.05) is 47.5 Å². The lowest BCUT2D eigenvalue weighted by Crippen LogP contribution is -2.04. The van der Waals surface area contributed by atoms with Crippen molar-refractivity contribution in [1.82, 2.24) is 0 Å². The summed E-state index contributed by atoms with van der Waals surface area (Å²) >= 11 is 12.0. The molecule has 0 fully saturated rings. The maximum absolute atomic E-state index is 12.5. The molecule has 0 aliphatic heterocycles. The molecular formula is C17H11Cl2NO2. The van der Waals surface area contributed by atoms with Gasteiger partial charge in [-0.25, -0.2) is 0 Å². The smallest absolute Gasteiger partial charge is 0.206 e. The van der Waals surface area contributed by atoms with Crippen LogP contribution in [0.2, 0.25) is 10.0 Å². The summed E-state index contributed by atoms with van der Waals surface area (Å²) in [6.07, 6.45) is 1.46. The Kier molecular flexibility index (Phi) is 5.21. The first-order valence-corrected chi connectivity index (χ1v) is 7.07. The summed E-state index contributed by atoms with van der Waals surface area (Å²) in [4.78, 5) is 12.5. The van der Waals surface area contributed by atoms with E-state index in [4.69, 9.17) is 27.9 Å². The molecule has 5 heteroatoms. The van der Waals surface area contributed by atoms with Crippen LogP contribution in [0.25, 0.3) is 6.08 Å². The topological polar surface area (TPSA) is 50.1 Å². The predicted octanol–water partition coefficient (Wildman–Crippen LogP) is 4.79. The summed E-state index contributed by atoms with van der Waals surface area (Å²) in [5.74, 6) is 0.0392. The number of Topliss-reactive ketones (excluding diaryl/α,β-unsaturated/α-hetero) is 1. The standard InChI is InChI=1S/C17H11Cl2NO2/c1-22-15-8-3-2-5-11(15)9-12(10-20)17(21)16-13(18)6-4-7-14(16)19/h2-9H,1H3/b12-9+. The summed E-state index contributed by atoms with van der Waals surface area (Å²) in [7, 11) is 1.52. The first-order valence-electron chi connectivity index (χ1n) is 6.32. The number of nitriles is 1. The number of ether oxygens (including phenoxy) is 1. The fourth-order valence-corrected chi connectivity index (χ4v) is 2.51. The van der Waals surface area contributed by atoms with E-state index < -0.39 is 5.78 Å². The lowest BCUT2D eigenvalue weighted by atomic mass is 10.0. The lowest BCUT2D eigenvalue weighted by Gasteiger charge is -2.07. The van der Waals surface area contributed by atoms with Gasteiger partial charge in [-0.15, -0.1) is 0 Å². The number of carbonyl (C=O) groups is 1. The summed E-state index contributed by atoms with van der Waals surface area (Å²) < 4.78 is 5.21. The van der Waals surface area contributed by atoms with E-state index in [-0.39, 0.29) is 21.2 Å². The highest BCUT2D eigenvalue weighted by Crippen LogP contribution is 2.28. The highest BCUT2D eigenvalue weighted by Gasteiger charge is 2.19. The largest absolute Gasteiger partial charge is 0.496 e. The quantitative estimate of drug-likeness (QED) is 0.459. The van der Waals surface area contributed by atoms with E-state index in [1.807, 2.05) is 6.07 Å². The summed E-state index contributed by atoms with van der Waals surface area (Å²) in [6, 6.07) is 13.7. The maximum atomic E-state index is 12.5. The molecule has 0 amide bonds. The van der Waals surface area contributed by atoms with Crippen molar-refractivity contribution in [2.45, 2.75) is 0 Å². The van der Waals surface area contributed by atoms with Crippen molar-refractivity contribution in [3.05, 3.63) is 69.2 Å². The minimum Gasteiger partial charge on any atom is -0.496 e. The second-order valence-electron chi connectivity index (χ2n) is 4.34. The van der Waals surface area contributed by atoms with Gasteiger partial charge in [0.25, 0.3) is 0 Å². The van der Waals surface area contributed by atoms with Gasteiger partial charge in [0.1, 0.15) is 17.4 Å². The molecule has 110 valence electrons. The van der Waals surface area contributed by atoms with E-state index in [9.17, 15) is 10.1 Å². The Labute approximate surface area is 138 Å². The molecule has 0 bridgehead atoms. The van der Waals surface area contributed by atoms with Gasteiger partial charge >= 0.3 is 0 Å². The number of ketones is 1. The van der Waals surface area contributed by atoms with Gasteiger partial charge < -0.3 is 4.74 Å². The van der Waals surface area contributed by atoms with Crippen LogP contribution < -0.4 is 4.74 Å². The molecule has 22 heavy (non-hydrogen) atoms. The van der Waals surface area contributed by atoms with E-state index in [1.54, 1.807) is 42.5 Å². The van der Waals surface area contributed by atoms with Crippen molar-refractivity contribution >= 4 is 35.1 Å². The number of methoxy groups -OCH3 is 1. The molecule has 2 aromatic carbocycles. The van der Waals surface area contributed by atoms with Crippen molar-refractivity contribution in [3.63, 3.8) is 0 Å². The molecule has 0 saturated carbocycles. The van der Waals surface area contributed by atoms with Gasteiger partial charge in [-0.3, -0.25) is 4.79 Å². The molecule has 0 aromatic heterocycles. The highest BCUT2D eigenvalue weighted by molar-refractivity contribution is 6.41. The third-order valence-electron chi connectivity index (χ3n) is 2.99. The summed E-state index contributed by atoms with van der Waals surface area (Å²) in [6.45, 7) is 0. The van der Waals surface area contributed by atoms with E-state index in [1.165, 1.54) is 13.2 Å². The fourth-order valence-electron chi connectivity index (χ4n) is 1.94. The Balaban J connectivity index is 2.51. The number of halogens is 2. The molecule has 0 saturated heterocycles. The van der Waals surface area contributed by atoms with E-state index >= 15 is 0 Å². The zero-order valence-electron chi connectivity index (χ0n) is 11.6. The zero-order chi connectivity index (χ0) is 16.1. The van der Waals surface area contributed by atoms with Crippen molar-refractivity contribution in [2.24, 2.45) is 0 Å². The Hall–Kier alpha value is -2.28. The molecule has 0 radical (unpaired) electrons. The van der Waals surface area contributed by atoms with Crippen LogP contribution in [0.5, 0.6) is 5.75 Å². The monoisotopic (exact) mass is 331 g/mol. The number of allylic oxidation sites excluding steroid dienone is 1. The van der Waals surface area contributed by atoms with Crippen LogP contribution >= 0.6 is 23.2 Å². The second kappa shape index (κ2) is 7.13. The molecule has 0 N–H and O–H groups in total. The minimum atomic E-state index is -0.524. The molecule has 0 aliphatic carbocycles. The van der Waals surface area contributed by atoms with Crippen LogP contribution in [0.15, 0.2) is 48.0 Å². The molecule has 2 rings (SSSR count). The number of para-hydroxylation sites is 1. The van der Waals surface area contributed by atoms with E-state index in [0.29, 0.717) is 11.3 Å². The van der Waals surface area contributed by atoms with E-state index in [2.05, 4.69) is 0 Å². The maximum Gasteiger partial charge on any atom is 0.206 e. The third kappa shape index (κ3) is 3.30. The van der Waals surface area contributed by atoms with Gasteiger partial charge in [0.15, 0.2) is 0 Å².